The van der Waals surface area contributed by atoms with E-state index in [1.54, 1.807) is 37.7 Å². The summed E-state index contributed by atoms with van der Waals surface area (Å²) in [4.78, 5) is 26.5. The van der Waals surface area contributed by atoms with E-state index in [0.29, 0.717) is 11.3 Å². The number of ketones is 2. The van der Waals surface area contributed by atoms with Crippen LogP contribution in [0.5, 0.6) is 5.75 Å². The fourth-order valence-corrected chi connectivity index (χ4v) is 5.38. The standard InChI is InChI=1S/C25H32N2O5S2/c1-15-11-19(12-16(2)24(15)32-25(4,5)17(3)28)21-13-27(34(26,30)31)14-22(21)23(29)18-7-9-20(33-6)10-8-18/h7-12,21-22H,13-14H2,1-6H3,(H2,26,30,31)/t21-,22+/m1/s1. The van der Waals surface area contributed by atoms with Crippen LogP contribution >= 0.6 is 11.8 Å². The van der Waals surface area contributed by atoms with Gasteiger partial charge in [0.2, 0.25) is 0 Å². The van der Waals surface area contributed by atoms with Gasteiger partial charge in [-0.3, -0.25) is 9.59 Å². The zero-order chi connectivity index (χ0) is 25.4. The maximum absolute atomic E-state index is 13.5. The van der Waals surface area contributed by atoms with Gasteiger partial charge in [0.15, 0.2) is 17.2 Å². The first-order valence-electron chi connectivity index (χ1n) is 11.0. The van der Waals surface area contributed by atoms with Crippen molar-refractivity contribution in [3.05, 3.63) is 58.7 Å². The maximum Gasteiger partial charge on any atom is 0.276 e. The third-order valence-corrected chi connectivity index (χ3v) is 8.23. The minimum atomic E-state index is -3.95. The molecule has 0 aromatic heterocycles. The molecule has 0 spiro atoms. The molecule has 3 rings (SSSR count). The van der Waals surface area contributed by atoms with Gasteiger partial charge in [-0.25, -0.2) is 5.14 Å². The summed E-state index contributed by atoms with van der Waals surface area (Å²) in [6.07, 6.45) is 1.96. The molecule has 0 bridgehead atoms. The molecule has 1 heterocycles. The van der Waals surface area contributed by atoms with Gasteiger partial charge in [-0.2, -0.15) is 12.7 Å². The van der Waals surface area contributed by atoms with Gasteiger partial charge in [0.1, 0.15) is 5.75 Å². The van der Waals surface area contributed by atoms with Crippen LogP contribution in [-0.4, -0.2) is 49.2 Å². The van der Waals surface area contributed by atoms with E-state index >= 15 is 0 Å². The first-order valence-corrected chi connectivity index (χ1v) is 13.7. The van der Waals surface area contributed by atoms with E-state index in [9.17, 15) is 18.0 Å². The van der Waals surface area contributed by atoms with E-state index in [4.69, 9.17) is 9.88 Å². The van der Waals surface area contributed by atoms with E-state index in [1.165, 1.54) is 11.2 Å². The zero-order valence-corrected chi connectivity index (χ0v) is 22.0. The number of aryl methyl sites for hydroxylation is 2. The van der Waals surface area contributed by atoms with Gasteiger partial charge < -0.3 is 4.74 Å². The molecule has 0 aliphatic carbocycles. The number of nitrogens with two attached hydrogens (primary N) is 1. The molecule has 1 fully saturated rings. The molecule has 34 heavy (non-hydrogen) atoms. The Morgan fingerprint density at radius 3 is 2.12 bits per heavy atom. The number of carbonyl (C=O) groups excluding carboxylic acids is 2. The van der Waals surface area contributed by atoms with Crippen molar-refractivity contribution in [2.45, 2.75) is 51.0 Å². The number of ether oxygens (including phenoxy) is 1. The van der Waals surface area contributed by atoms with Crippen LogP contribution in [0.2, 0.25) is 0 Å². The molecule has 2 N–H and O–H groups in total. The van der Waals surface area contributed by atoms with Crippen molar-refractivity contribution in [2.75, 3.05) is 19.3 Å². The lowest BCUT2D eigenvalue weighted by Crippen LogP contribution is -2.36. The van der Waals surface area contributed by atoms with E-state index < -0.39 is 21.7 Å². The van der Waals surface area contributed by atoms with Crippen molar-refractivity contribution >= 4 is 33.5 Å². The largest absolute Gasteiger partial charge is 0.480 e. The van der Waals surface area contributed by atoms with Crippen molar-refractivity contribution < 1.29 is 22.7 Å². The second kappa shape index (κ2) is 9.81. The third kappa shape index (κ3) is 5.54. The monoisotopic (exact) mass is 504 g/mol. The Labute approximate surface area is 206 Å². The number of hydrogen-bond acceptors (Lipinski definition) is 6. The number of thioether (sulfide) groups is 1. The first-order chi connectivity index (χ1) is 15.7. The predicted octanol–water partition coefficient (Wildman–Crippen LogP) is 3.87. The van der Waals surface area contributed by atoms with Gasteiger partial charge in [0, 0.05) is 35.4 Å². The van der Waals surface area contributed by atoms with Crippen LogP contribution in [0.1, 0.15) is 53.7 Å². The van der Waals surface area contributed by atoms with Crippen LogP contribution in [0.4, 0.5) is 0 Å². The highest BCUT2D eigenvalue weighted by atomic mass is 32.2. The molecule has 1 aliphatic heterocycles. The summed E-state index contributed by atoms with van der Waals surface area (Å²) in [6, 6.07) is 11.1. The lowest BCUT2D eigenvalue weighted by atomic mass is 9.82. The van der Waals surface area contributed by atoms with Gasteiger partial charge in [0.05, 0.1) is 0 Å². The van der Waals surface area contributed by atoms with Gasteiger partial charge in [-0.15, -0.1) is 11.8 Å². The minimum absolute atomic E-state index is 0.0281. The van der Waals surface area contributed by atoms with E-state index in [2.05, 4.69) is 0 Å². The SMILES string of the molecule is CSc1ccc(C(=O)[C@H]2CN(S(N)(=O)=O)C[C@@H]2c2cc(C)c(OC(C)(C)C(C)=O)c(C)c2)cc1. The highest BCUT2D eigenvalue weighted by Crippen LogP contribution is 2.39. The molecule has 7 nitrogen and oxygen atoms in total. The molecular formula is C25H32N2O5S2. The number of Topliss-reactive ketones (excluding diaryl/α,β-unsaturated/α-hetero) is 2. The normalized spacial score (nSPS) is 19.3. The van der Waals surface area contributed by atoms with Crippen molar-refractivity contribution in [1.29, 1.82) is 0 Å². The van der Waals surface area contributed by atoms with Crippen LogP contribution in [0.3, 0.4) is 0 Å². The van der Waals surface area contributed by atoms with Gasteiger partial charge in [-0.05, 0) is 69.7 Å². The average molecular weight is 505 g/mol. The molecule has 2 aromatic carbocycles. The average Bonchev–Trinajstić information content (AvgIpc) is 3.21. The van der Waals surface area contributed by atoms with Crippen molar-refractivity contribution in [3.63, 3.8) is 0 Å². The molecule has 1 saturated heterocycles. The highest BCUT2D eigenvalue weighted by Gasteiger charge is 2.42. The second-order valence-corrected chi connectivity index (χ2v) is 11.7. The molecule has 0 unspecified atom stereocenters. The van der Waals surface area contributed by atoms with Gasteiger partial charge >= 0.3 is 0 Å². The maximum atomic E-state index is 13.5. The van der Waals surface area contributed by atoms with Crippen LogP contribution in [0.25, 0.3) is 0 Å². The molecule has 184 valence electrons. The molecule has 2 aromatic rings. The van der Waals surface area contributed by atoms with E-state index in [1.807, 2.05) is 44.4 Å². The van der Waals surface area contributed by atoms with Crippen LogP contribution in [0, 0.1) is 19.8 Å². The summed E-state index contributed by atoms with van der Waals surface area (Å²) in [5.74, 6) is -0.526. The minimum Gasteiger partial charge on any atom is -0.480 e. The summed E-state index contributed by atoms with van der Waals surface area (Å²) in [5.41, 5.74) is 2.03. The fourth-order valence-electron chi connectivity index (χ4n) is 4.23. The Hall–Kier alpha value is -2.20. The molecule has 2 atom stereocenters. The second-order valence-electron chi connectivity index (χ2n) is 9.32. The number of rotatable bonds is 8. The Morgan fingerprint density at radius 2 is 1.65 bits per heavy atom. The fraction of sp³-hybridized carbons (Fsp3) is 0.440. The van der Waals surface area contributed by atoms with Gasteiger partial charge in [-0.1, -0.05) is 24.3 Å². The molecule has 0 saturated carbocycles. The lowest BCUT2D eigenvalue weighted by Gasteiger charge is -2.27. The van der Waals surface area contributed by atoms with Gasteiger partial charge in [0.25, 0.3) is 10.2 Å². The zero-order valence-electron chi connectivity index (χ0n) is 20.4. The summed E-state index contributed by atoms with van der Waals surface area (Å²) < 4.78 is 31.5. The highest BCUT2D eigenvalue weighted by molar-refractivity contribution is 7.98. The van der Waals surface area contributed by atoms with Crippen molar-refractivity contribution in [2.24, 2.45) is 11.1 Å². The molecule has 1 aliphatic rings. The van der Waals surface area contributed by atoms with E-state index in [0.717, 1.165) is 21.6 Å². The molecule has 0 radical (unpaired) electrons. The smallest absolute Gasteiger partial charge is 0.276 e. The summed E-state index contributed by atoms with van der Waals surface area (Å²) >= 11 is 1.58. The summed E-state index contributed by atoms with van der Waals surface area (Å²) in [6.45, 7) is 8.84. The van der Waals surface area contributed by atoms with Crippen molar-refractivity contribution in [1.82, 2.24) is 4.31 Å². The topological polar surface area (TPSA) is 107 Å². The van der Waals surface area contributed by atoms with Crippen molar-refractivity contribution in [3.8, 4) is 5.75 Å². The molecule has 0 amide bonds. The quantitative estimate of drug-likeness (QED) is 0.432. The summed E-state index contributed by atoms with van der Waals surface area (Å²) in [7, 11) is -3.95. The van der Waals surface area contributed by atoms with Crippen LogP contribution in [-0.2, 0) is 15.0 Å². The number of benzene rings is 2. The Bertz CT molecular complexity index is 1180. The molecule has 9 heteroatoms. The third-order valence-electron chi connectivity index (χ3n) is 6.47. The van der Waals surface area contributed by atoms with E-state index in [-0.39, 0.29) is 30.6 Å². The Kier molecular flexibility index (Phi) is 7.62. The number of nitrogens with zero attached hydrogens (tertiary/aromatic N) is 1. The predicted molar refractivity (Wildman–Crippen MR) is 135 cm³/mol. The summed E-state index contributed by atoms with van der Waals surface area (Å²) in [5, 5.41) is 5.43. The number of carbonyl (C=O) groups is 2. The lowest BCUT2D eigenvalue weighted by molar-refractivity contribution is -0.129. The first kappa shape index (κ1) is 26.4. The Morgan fingerprint density at radius 1 is 1.09 bits per heavy atom. The van der Waals surface area contributed by atoms with Crippen LogP contribution < -0.4 is 9.88 Å². The number of hydrogen-bond donors (Lipinski definition) is 1. The molecular weight excluding hydrogens is 472 g/mol. The van der Waals surface area contributed by atoms with Crippen LogP contribution in [0.15, 0.2) is 41.3 Å². The Balaban J connectivity index is 2.00.